The summed E-state index contributed by atoms with van der Waals surface area (Å²) in [5.41, 5.74) is 3.59. The molecule has 0 radical (unpaired) electrons. The summed E-state index contributed by atoms with van der Waals surface area (Å²) in [6.45, 7) is 9.43. The molecule has 3 heterocycles. The van der Waals surface area contributed by atoms with Crippen LogP contribution in [0, 0.1) is 0 Å². The van der Waals surface area contributed by atoms with E-state index in [1.807, 2.05) is 17.0 Å². The minimum atomic E-state index is -0.225. The van der Waals surface area contributed by atoms with Crippen molar-refractivity contribution in [2.24, 2.45) is 0 Å². The number of nitrogens with one attached hydrogen (secondary N) is 1. The van der Waals surface area contributed by atoms with Crippen LogP contribution < -0.4 is 19.1 Å². The van der Waals surface area contributed by atoms with Crippen molar-refractivity contribution in [1.82, 2.24) is 4.90 Å². The van der Waals surface area contributed by atoms with Gasteiger partial charge in [-0.3, -0.25) is 4.79 Å². The van der Waals surface area contributed by atoms with Gasteiger partial charge < -0.3 is 24.0 Å². The van der Waals surface area contributed by atoms with Gasteiger partial charge in [-0.15, -0.1) is 0 Å². The molecule has 0 spiro atoms. The minimum Gasteiger partial charge on any atom is -0.493 e. The number of fused-ring (bicyclic) bond motifs is 2. The number of quaternary nitrogens is 1. The van der Waals surface area contributed by atoms with E-state index in [1.54, 1.807) is 0 Å². The van der Waals surface area contributed by atoms with Gasteiger partial charge in [-0.25, -0.2) is 0 Å². The molecule has 6 nitrogen and oxygen atoms in total. The summed E-state index contributed by atoms with van der Waals surface area (Å²) in [6, 6.07) is 12.5. The number of carbonyl (C=O) groups is 1. The molecule has 1 saturated heterocycles. The molecule has 3 aliphatic rings. The number of benzene rings is 2. The smallest absolute Gasteiger partial charge is 0.260 e. The van der Waals surface area contributed by atoms with E-state index in [0.717, 1.165) is 69.2 Å². The first kappa shape index (κ1) is 20.2. The Bertz CT molecular complexity index is 979. The topological polar surface area (TPSA) is 52.4 Å². The van der Waals surface area contributed by atoms with E-state index in [1.165, 1.54) is 16.0 Å². The number of hydrogen-bond donors (Lipinski definition) is 1. The second-order valence-corrected chi connectivity index (χ2v) is 9.42. The van der Waals surface area contributed by atoms with Crippen LogP contribution in [-0.4, -0.2) is 55.8 Å². The normalized spacial score (nSPS) is 19.4. The van der Waals surface area contributed by atoms with E-state index in [-0.39, 0.29) is 18.1 Å². The van der Waals surface area contributed by atoms with Gasteiger partial charge in [0.2, 0.25) is 0 Å². The molecule has 5 rings (SSSR count). The first-order chi connectivity index (χ1) is 15.0. The van der Waals surface area contributed by atoms with Gasteiger partial charge in [0.05, 0.1) is 32.8 Å². The highest BCUT2D eigenvalue weighted by atomic mass is 16.5. The molecular weight excluding hydrogens is 392 g/mol. The van der Waals surface area contributed by atoms with Gasteiger partial charge in [0.1, 0.15) is 17.9 Å². The molecule has 1 amide bonds. The van der Waals surface area contributed by atoms with Crippen molar-refractivity contribution < 1.29 is 23.9 Å². The van der Waals surface area contributed by atoms with Crippen LogP contribution >= 0.6 is 0 Å². The second kappa shape index (κ2) is 8.08. The summed E-state index contributed by atoms with van der Waals surface area (Å²) in [5, 5.41) is 0. The molecular formula is C25H31N2O4+. The number of nitrogens with zero attached hydrogens (tertiary/aromatic N) is 1. The molecule has 6 heteroatoms. The maximum absolute atomic E-state index is 12.7. The fraction of sp³-hybridized carbons (Fsp3) is 0.480. The summed E-state index contributed by atoms with van der Waals surface area (Å²) in [5.74, 6) is 2.53. The molecule has 0 aliphatic carbocycles. The van der Waals surface area contributed by atoms with Crippen LogP contribution in [0.4, 0.5) is 0 Å². The Labute approximate surface area is 183 Å². The zero-order chi connectivity index (χ0) is 21.4. The van der Waals surface area contributed by atoms with Gasteiger partial charge in [0.25, 0.3) is 5.91 Å². The van der Waals surface area contributed by atoms with Gasteiger partial charge in [-0.2, -0.15) is 0 Å². The number of para-hydroxylation sites is 1. The standard InChI is InChI=1S/C25H30N2O4/c1-25(2)15-20-4-3-5-22(24(20)31-25)30-17-23(28)27-11-9-26(10-12-27)16-18-6-7-21-19(14-18)8-13-29-21/h3-7,14H,8-13,15-17H2,1-2H3/p+1. The lowest BCUT2D eigenvalue weighted by molar-refractivity contribution is -0.917. The minimum absolute atomic E-state index is 0.0450. The van der Waals surface area contributed by atoms with E-state index in [9.17, 15) is 4.79 Å². The predicted octanol–water partition coefficient (Wildman–Crippen LogP) is 1.64. The van der Waals surface area contributed by atoms with Gasteiger partial charge in [0, 0.05) is 24.0 Å². The van der Waals surface area contributed by atoms with Gasteiger partial charge in [-0.1, -0.05) is 12.1 Å². The zero-order valence-corrected chi connectivity index (χ0v) is 18.4. The van der Waals surface area contributed by atoms with Gasteiger partial charge in [-0.05, 0) is 43.7 Å². The third kappa shape index (κ3) is 4.35. The Balaban J connectivity index is 1.12. The molecule has 31 heavy (non-hydrogen) atoms. The molecule has 0 unspecified atom stereocenters. The fourth-order valence-electron chi connectivity index (χ4n) is 4.82. The van der Waals surface area contributed by atoms with Crippen LogP contribution in [0.15, 0.2) is 36.4 Å². The summed E-state index contributed by atoms with van der Waals surface area (Å²) < 4.78 is 17.5. The Morgan fingerprint density at radius 2 is 2.00 bits per heavy atom. The van der Waals surface area contributed by atoms with Crippen molar-refractivity contribution in [3.05, 3.63) is 53.1 Å². The van der Waals surface area contributed by atoms with Crippen LogP contribution in [0.1, 0.15) is 30.5 Å². The molecule has 3 aliphatic heterocycles. The molecule has 1 fully saturated rings. The van der Waals surface area contributed by atoms with Crippen molar-refractivity contribution in [3.63, 3.8) is 0 Å². The summed E-state index contributed by atoms with van der Waals surface area (Å²) >= 11 is 0. The Hall–Kier alpha value is -2.73. The summed E-state index contributed by atoms with van der Waals surface area (Å²) in [4.78, 5) is 16.2. The van der Waals surface area contributed by atoms with Gasteiger partial charge >= 0.3 is 0 Å². The van der Waals surface area contributed by atoms with Crippen molar-refractivity contribution in [1.29, 1.82) is 0 Å². The van der Waals surface area contributed by atoms with Crippen molar-refractivity contribution in [2.45, 2.75) is 38.8 Å². The lowest BCUT2D eigenvalue weighted by Gasteiger charge is -2.32. The predicted molar refractivity (Wildman–Crippen MR) is 117 cm³/mol. The second-order valence-electron chi connectivity index (χ2n) is 9.42. The molecule has 0 atom stereocenters. The Kier molecular flexibility index (Phi) is 5.26. The van der Waals surface area contributed by atoms with Crippen LogP contribution in [0.3, 0.4) is 0 Å². The average molecular weight is 424 g/mol. The monoisotopic (exact) mass is 423 g/mol. The largest absolute Gasteiger partial charge is 0.493 e. The van der Waals surface area contributed by atoms with E-state index < -0.39 is 0 Å². The van der Waals surface area contributed by atoms with Crippen molar-refractivity contribution >= 4 is 5.91 Å². The van der Waals surface area contributed by atoms with Crippen LogP contribution in [0.25, 0.3) is 0 Å². The molecule has 164 valence electrons. The SMILES string of the molecule is CC1(C)Cc2cccc(OCC(=O)N3CC[NH+](Cc4ccc5c(c4)CCO5)CC3)c2O1. The Morgan fingerprint density at radius 3 is 2.84 bits per heavy atom. The van der Waals surface area contributed by atoms with Crippen LogP contribution in [0.5, 0.6) is 17.2 Å². The number of rotatable bonds is 5. The summed E-state index contributed by atoms with van der Waals surface area (Å²) in [6.07, 6.45) is 1.86. The van der Waals surface area contributed by atoms with E-state index >= 15 is 0 Å². The number of ether oxygens (including phenoxy) is 3. The molecule has 1 N–H and O–H groups in total. The molecule has 0 aromatic heterocycles. The molecule has 0 saturated carbocycles. The first-order valence-electron chi connectivity index (χ1n) is 11.3. The maximum atomic E-state index is 12.7. The fourth-order valence-corrected chi connectivity index (χ4v) is 4.82. The highest BCUT2D eigenvalue weighted by Crippen LogP contribution is 2.41. The molecule has 2 aromatic carbocycles. The van der Waals surface area contributed by atoms with Crippen molar-refractivity contribution in [2.75, 3.05) is 39.4 Å². The third-order valence-electron chi connectivity index (χ3n) is 6.44. The van der Waals surface area contributed by atoms with Gasteiger partial charge in [0.15, 0.2) is 18.1 Å². The van der Waals surface area contributed by atoms with Crippen molar-refractivity contribution in [3.8, 4) is 17.2 Å². The van der Waals surface area contributed by atoms with Crippen LogP contribution in [0.2, 0.25) is 0 Å². The number of piperazine rings is 1. The van der Waals surface area contributed by atoms with Crippen LogP contribution in [-0.2, 0) is 24.2 Å². The first-order valence-corrected chi connectivity index (χ1v) is 11.3. The number of amides is 1. The lowest BCUT2D eigenvalue weighted by Crippen LogP contribution is -3.13. The zero-order valence-electron chi connectivity index (χ0n) is 18.4. The van der Waals surface area contributed by atoms with E-state index in [2.05, 4.69) is 38.1 Å². The maximum Gasteiger partial charge on any atom is 0.260 e. The average Bonchev–Trinajstić information content (AvgIpc) is 3.34. The molecule has 0 bridgehead atoms. The third-order valence-corrected chi connectivity index (χ3v) is 6.44. The highest BCUT2D eigenvalue weighted by Gasteiger charge is 2.32. The Morgan fingerprint density at radius 1 is 1.16 bits per heavy atom. The number of carbonyl (C=O) groups excluding carboxylic acids is 1. The molecule has 2 aromatic rings. The van der Waals surface area contributed by atoms with E-state index in [0.29, 0.717) is 5.75 Å². The quantitative estimate of drug-likeness (QED) is 0.795. The lowest BCUT2D eigenvalue weighted by atomic mass is 10.0. The number of hydrogen-bond acceptors (Lipinski definition) is 4. The van der Waals surface area contributed by atoms with E-state index in [4.69, 9.17) is 14.2 Å². The highest BCUT2D eigenvalue weighted by molar-refractivity contribution is 5.78. The summed E-state index contributed by atoms with van der Waals surface area (Å²) in [7, 11) is 0.